The smallest absolute Gasteiger partial charge is 0.162 e. The largest absolute Gasteiger partial charge is 0.339 e. The van der Waals surface area contributed by atoms with E-state index >= 15 is 0 Å². The summed E-state index contributed by atoms with van der Waals surface area (Å²) in [6.45, 7) is 0. The number of halogens is 2. The molecule has 1 aliphatic heterocycles. The van der Waals surface area contributed by atoms with Crippen LogP contribution >= 0.6 is 0 Å². The number of H-pyrrole nitrogens is 1. The maximum atomic E-state index is 13.5. The molecule has 0 aliphatic carbocycles. The minimum absolute atomic E-state index is 0.277. The van der Waals surface area contributed by atoms with Crippen molar-refractivity contribution in [1.29, 1.82) is 0 Å². The number of aliphatic imine (C=N–C) groups is 2. The van der Waals surface area contributed by atoms with Gasteiger partial charge in [-0.3, -0.25) is 0 Å². The minimum atomic E-state index is -0.286. The van der Waals surface area contributed by atoms with Gasteiger partial charge in [0.05, 0.1) is 11.4 Å². The molecule has 6 rings (SSSR count). The second kappa shape index (κ2) is 7.64. The molecular weight excluding hydrogens is 416 g/mol. The normalized spacial score (nSPS) is 14.0. The number of rotatable bonds is 3. The number of benzene rings is 4. The number of hydrogen-bond donors (Lipinski definition) is 1. The summed E-state index contributed by atoms with van der Waals surface area (Å²) in [6, 6.07) is 28.6. The molecule has 0 amide bonds. The Morgan fingerprint density at radius 3 is 1.88 bits per heavy atom. The van der Waals surface area contributed by atoms with Gasteiger partial charge in [-0.2, -0.15) is 0 Å². The quantitative estimate of drug-likeness (QED) is 0.317. The van der Waals surface area contributed by atoms with Crippen molar-refractivity contribution < 1.29 is 8.78 Å². The highest BCUT2D eigenvalue weighted by Crippen LogP contribution is 2.36. The van der Waals surface area contributed by atoms with E-state index in [1.54, 1.807) is 24.3 Å². The third kappa shape index (κ3) is 3.34. The van der Waals surface area contributed by atoms with Gasteiger partial charge < -0.3 is 4.98 Å². The Morgan fingerprint density at radius 1 is 0.606 bits per heavy atom. The van der Waals surface area contributed by atoms with Crippen molar-refractivity contribution in [2.75, 3.05) is 0 Å². The van der Waals surface area contributed by atoms with Gasteiger partial charge in [0.2, 0.25) is 0 Å². The summed E-state index contributed by atoms with van der Waals surface area (Å²) in [4.78, 5) is 13.2. The highest BCUT2D eigenvalue weighted by molar-refractivity contribution is 6.29. The van der Waals surface area contributed by atoms with Crippen LogP contribution in [-0.2, 0) is 0 Å². The van der Waals surface area contributed by atoms with Crippen LogP contribution in [0.25, 0.3) is 22.0 Å². The molecule has 1 aliphatic rings. The molecule has 0 spiro atoms. The monoisotopic (exact) mass is 433 g/mol. The standard InChI is InChI=1S/C28H17F2N3/c29-19-13-9-17(10-14-19)25-21-5-1-3-7-23(21)27(31-25)33-28-24-8-4-2-6-22(24)26(32-28)18-11-15-20(30)16-12-18/h1-16,31H/b33-28-. The first-order valence-electron chi connectivity index (χ1n) is 10.6. The molecule has 0 atom stereocenters. The first kappa shape index (κ1) is 19.3. The van der Waals surface area contributed by atoms with Crippen LogP contribution in [0.3, 0.4) is 0 Å². The van der Waals surface area contributed by atoms with Gasteiger partial charge in [0.25, 0.3) is 0 Å². The van der Waals surface area contributed by atoms with Crippen LogP contribution in [0.1, 0.15) is 16.7 Å². The van der Waals surface area contributed by atoms with Gasteiger partial charge in [0, 0.05) is 27.5 Å². The molecule has 0 radical (unpaired) electrons. The van der Waals surface area contributed by atoms with Crippen LogP contribution in [0.15, 0.2) is 107 Å². The molecule has 3 nitrogen and oxygen atoms in total. The van der Waals surface area contributed by atoms with Crippen molar-refractivity contribution in [3.05, 3.63) is 125 Å². The van der Waals surface area contributed by atoms with Crippen LogP contribution < -0.4 is 0 Å². The van der Waals surface area contributed by atoms with Crippen molar-refractivity contribution in [3.8, 4) is 11.3 Å². The van der Waals surface area contributed by atoms with Gasteiger partial charge in [-0.15, -0.1) is 0 Å². The first-order chi connectivity index (χ1) is 16.2. The summed E-state index contributed by atoms with van der Waals surface area (Å²) in [6.07, 6.45) is 0. The molecule has 4 aromatic carbocycles. The lowest BCUT2D eigenvalue weighted by molar-refractivity contribution is 0.627. The number of amidine groups is 1. The predicted molar refractivity (Wildman–Crippen MR) is 128 cm³/mol. The summed E-state index contributed by atoms with van der Waals surface area (Å²) < 4.78 is 26.9. The van der Waals surface area contributed by atoms with Gasteiger partial charge in [0.1, 0.15) is 17.5 Å². The van der Waals surface area contributed by atoms with Crippen LogP contribution in [-0.4, -0.2) is 16.5 Å². The highest BCUT2D eigenvalue weighted by atomic mass is 19.1. The van der Waals surface area contributed by atoms with E-state index in [1.807, 2.05) is 48.5 Å². The zero-order chi connectivity index (χ0) is 22.4. The highest BCUT2D eigenvalue weighted by Gasteiger charge is 2.23. The van der Waals surface area contributed by atoms with Gasteiger partial charge in [-0.25, -0.2) is 18.8 Å². The number of nitrogens with zero attached hydrogens (tertiary/aromatic N) is 2. The molecule has 158 valence electrons. The van der Waals surface area contributed by atoms with E-state index in [1.165, 1.54) is 24.3 Å². The van der Waals surface area contributed by atoms with Crippen molar-refractivity contribution in [2.24, 2.45) is 9.98 Å². The molecule has 0 unspecified atom stereocenters. The molecule has 33 heavy (non-hydrogen) atoms. The third-order valence-electron chi connectivity index (χ3n) is 5.80. The summed E-state index contributed by atoms with van der Waals surface area (Å²) >= 11 is 0. The van der Waals surface area contributed by atoms with Gasteiger partial charge >= 0.3 is 0 Å². The fourth-order valence-electron chi connectivity index (χ4n) is 4.22. The van der Waals surface area contributed by atoms with E-state index in [-0.39, 0.29) is 11.6 Å². The fourth-order valence-corrected chi connectivity index (χ4v) is 4.22. The average molecular weight is 433 g/mol. The molecule has 0 saturated carbocycles. The van der Waals surface area contributed by atoms with E-state index in [4.69, 9.17) is 9.98 Å². The van der Waals surface area contributed by atoms with E-state index in [0.29, 0.717) is 11.7 Å². The Kier molecular flexibility index (Phi) is 4.47. The van der Waals surface area contributed by atoms with E-state index in [0.717, 1.165) is 44.4 Å². The molecule has 0 fully saturated rings. The van der Waals surface area contributed by atoms with Crippen LogP contribution in [0.4, 0.5) is 14.6 Å². The third-order valence-corrected chi connectivity index (χ3v) is 5.80. The number of aromatic nitrogens is 1. The second-order valence-corrected chi connectivity index (χ2v) is 7.85. The fraction of sp³-hybridized carbons (Fsp3) is 0. The predicted octanol–water partition coefficient (Wildman–Crippen LogP) is 7.04. The zero-order valence-corrected chi connectivity index (χ0v) is 17.4. The van der Waals surface area contributed by atoms with Gasteiger partial charge in [0.15, 0.2) is 5.84 Å². The molecule has 2 heterocycles. The van der Waals surface area contributed by atoms with Crippen molar-refractivity contribution in [3.63, 3.8) is 0 Å². The Bertz CT molecular complexity index is 1560. The second-order valence-electron chi connectivity index (χ2n) is 7.85. The van der Waals surface area contributed by atoms with Gasteiger partial charge in [-0.1, -0.05) is 48.5 Å². The molecule has 0 saturated heterocycles. The minimum Gasteiger partial charge on any atom is -0.339 e. The van der Waals surface area contributed by atoms with Crippen LogP contribution in [0.2, 0.25) is 0 Å². The lowest BCUT2D eigenvalue weighted by Crippen LogP contribution is -2.00. The first-order valence-corrected chi connectivity index (χ1v) is 10.6. The molecule has 1 aromatic heterocycles. The van der Waals surface area contributed by atoms with Crippen molar-refractivity contribution in [1.82, 2.24) is 4.98 Å². The summed E-state index contributed by atoms with van der Waals surface area (Å²) in [5.41, 5.74) is 5.22. The van der Waals surface area contributed by atoms with Crippen molar-refractivity contribution in [2.45, 2.75) is 0 Å². The van der Waals surface area contributed by atoms with E-state index < -0.39 is 0 Å². The van der Waals surface area contributed by atoms with Crippen molar-refractivity contribution >= 4 is 28.1 Å². The average Bonchev–Trinajstić information content (AvgIpc) is 3.40. The lowest BCUT2D eigenvalue weighted by atomic mass is 10.00. The molecule has 5 aromatic rings. The van der Waals surface area contributed by atoms with Gasteiger partial charge in [-0.05, 0) is 54.1 Å². The van der Waals surface area contributed by atoms with E-state index in [2.05, 4.69) is 4.98 Å². The summed E-state index contributed by atoms with van der Waals surface area (Å²) in [5.74, 6) is 0.701. The number of aromatic amines is 1. The Morgan fingerprint density at radius 2 is 1.18 bits per heavy atom. The SMILES string of the molecule is Fc1ccc(C2=N/C(=N\c3[nH]c(-c4ccc(F)cc4)c4ccccc34)c3ccccc32)cc1. The molecule has 1 N–H and O–H groups in total. The molecule has 0 bridgehead atoms. The number of nitrogens with one attached hydrogen (secondary N) is 1. The molecular formula is C28H17F2N3. The summed E-state index contributed by atoms with van der Waals surface area (Å²) in [5, 5.41) is 1.95. The Labute approximate surface area is 188 Å². The van der Waals surface area contributed by atoms with Crippen LogP contribution in [0, 0.1) is 11.6 Å². The Balaban J connectivity index is 1.53. The zero-order valence-electron chi connectivity index (χ0n) is 17.4. The lowest BCUT2D eigenvalue weighted by Gasteiger charge is -2.02. The number of fused-ring (bicyclic) bond motifs is 2. The maximum Gasteiger partial charge on any atom is 0.162 e. The maximum absolute atomic E-state index is 13.5. The van der Waals surface area contributed by atoms with E-state index in [9.17, 15) is 8.78 Å². The Hall–Kier alpha value is -4.38. The topological polar surface area (TPSA) is 40.5 Å². The molecule has 5 heteroatoms. The van der Waals surface area contributed by atoms with Crippen LogP contribution in [0.5, 0.6) is 0 Å². The summed E-state index contributed by atoms with van der Waals surface area (Å²) in [7, 11) is 0. The number of hydrogen-bond acceptors (Lipinski definition) is 1.